The van der Waals surface area contributed by atoms with Crippen molar-refractivity contribution < 1.29 is 0 Å². The predicted octanol–water partition coefficient (Wildman–Crippen LogP) is 1.95. The Bertz CT molecular complexity index is 312. The first-order valence-electron chi connectivity index (χ1n) is 4.40. The van der Waals surface area contributed by atoms with Gasteiger partial charge in [0.2, 0.25) is 0 Å². The molecule has 1 aliphatic heterocycles. The topological polar surface area (TPSA) is 12.0 Å². The molecule has 0 saturated carbocycles. The first-order chi connectivity index (χ1) is 5.86. The van der Waals surface area contributed by atoms with E-state index in [0.717, 1.165) is 19.5 Å². The van der Waals surface area contributed by atoms with Crippen LogP contribution >= 0.6 is 0 Å². The number of hydrogen-bond donors (Lipinski definition) is 1. The molecule has 0 atom stereocenters. The smallest absolute Gasteiger partial charge is 0.0281 e. The van der Waals surface area contributed by atoms with E-state index in [9.17, 15) is 0 Å². The van der Waals surface area contributed by atoms with Gasteiger partial charge in [0.1, 0.15) is 0 Å². The zero-order valence-corrected chi connectivity index (χ0v) is 7.35. The third kappa shape index (κ3) is 1.42. The van der Waals surface area contributed by atoms with Crippen molar-refractivity contribution in [3.05, 3.63) is 40.7 Å². The SMILES string of the molecule is CC1=CC=C=C2CNCCC2=C1. The van der Waals surface area contributed by atoms with Gasteiger partial charge in [-0.3, -0.25) is 0 Å². The molecule has 1 fully saturated rings. The highest BCUT2D eigenvalue weighted by molar-refractivity contribution is 5.42. The van der Waals surface area contributed by atoms with Crippen LogP contribution in [0.3, 0.4) is 0 Å². The van der Waals surface area contributed by atoms with E-state index in [0.29, 0.717) is 0 Å². The Morgan fingerprint density at radius 1 is 1.50 bits per heavy atom. The normalized spacial score (nSPS) is 21.9. The molecular formula is C11H13N. The summed E-state index contributed by atoms with van der Waals surface area (Å²) in [7, 11) is 0. The van der Waals surface area contributed by atoms with E-state index in [2.05, 4.69) is 30.1 Å². The van der Waals surface area contributed by atoms with Crippen LogP contribution in [0.1, 0.15) is 13.3 Å². The Hall–Kier alpha value is -1.04. The summed E-state index contributed by atoms with van der Waals surface area (Å²) in [5.74, 6) is 0. The van der Waals surface area contributed by atoms with Crippen LogP contribution in [0.25, 0.3) is 0 Å². The van der Waals surface area contributed by atoms with Gasteiger partial charge in [-0.25, -0.2) is 0 Å². The third-order valence-corrected chi connectivity index (χ3v) is 2.27. The lowest BCUT2D eigenvalue weighted by Crippen LogP contribution is -2.25. The van der Waals surface area contributed by atoms with Gasteiger partial charge in [0, 0.05) is 12.1 Å². The first-order valence-corrected chi connectivity index (χ1v) is 4.40. The van der Waals surface area contributed by atoms with Crippen molar-refractivity contribution in [1.82, 2.24) is 5.32 Å². The first kappa shape index (κ1) is 7.60. The molecular weight excluding hydrogens is 146 g/mol. The second-order valence-electron chi connectivity index (χ2n) is 3.30. The maximum atomic E-state index is 3.34. The third-order valence-electron chi connectivity index (χ3n) is 2.27. The summed E-state index contributed by atoms with van der Waals surface area (Å²) in [4.78, 5) is 0. The minimum atomic E-state index is 0.976. The molecule has 2 rings (SSSR count). The van der Waals surface area contributed by atoms with E-state index in [1.807, 2.05) is 6.08 Å². The zero-order valence-electron chi connectivity index (χ0n) is 7.35. The molecule has 1 saturated heterocycles. The van der Waals surface area contributed by atoms with Crippen molar-refractivity contribution in [2.24, 2.45) is 0 Å². The highest BCUT2D eigenvalue weighted by Crippen LogP contribution is 2.19. The van der Waals surface area contributed by atoms with Crippen molar-refractivity contribution in [2.45, 2.75) is 13.3 Å². The molecule has 1 heterocycles. The molecule has 0 amide bonds. The quantitative estimate of drug-likeness (QED) is 0.533. The summed E-state index contributed by atoms with van der Waals surface area (Å²) in [6.07, 6.45) is 7.54. The summed E-state index contributed by atoms with van der Waals surface area (Å²) in [5.41, 5.74) is 7.41. The summed E-state index contributed by atoms with van der Waals surface area (Å²) >= 11 is 0. The molecule has 1 aliphatic carbocycles. The molecule has 0 aromatic heterocycles. The van der Waals surface area contributed by atoms with E-state index in [4.69, 9.17) is 0 Å². The Kier molecular flexibility index (Phi) is 1.99. The van der Waals surface area contributed by atoms with E-state index >= 15 is 0 Å². The highest BCUT2D eigenvalue weighted by atomic mass is 14.9. The maximum absolute atomic E-state index is 3.34. The van der Waals surface area contributed by atoms with Crippen molar-refractivity contribution >= 4 is 0 Å². The molecule has 62 valence electrons. The fourth-order valence-electron chi connectivity index (χ4n) is 1.60. The van der Waals surface area contributed by atoms with Crippen LogP contribution in [0.2, 0.25) is 0 Å². The minimum Gasteiger partial charge on any atom is -0.312 e. The van der Waals surface area contributed by atoms with Crippen LogP contribution < -0.4 is 5.32 Å². The number of rotatable bonds is 0. The number of hydrogen-bond acceptors (Lipinski definition) is 1. The number of fused-ring (bicyclic) bond motifs is 1. The number of nitrogens with one attached hydrogen (secondary N) is 1. The summed E-state index contributed by atoms with van der Waals surface area (Å²) in [5, 5.41) is 3.34. The summed E-state index contributed by atoms with van der Waals surface area (Å²) in [6, 6.07) is 0. The Morgan fingerprint density at radius 2 is 2.42 bits per heavy atom. The van der Waals surface area contributed by atoms with Crippen LogP contribution in [0.5, 0.6) is 0 Å². The van der Waals surface area contributed by atoms with Crippen LogP contribution in [0.15, 0.2) is 40.7 Å². The highest BCUT2D eigenvalue weighted by Gasteiger charge is 2.10. The molecule has 0 aromatic rings. The van der Waals surface area contributed by atoms with Crippen LogP contribution in [-0.2, 0) is 0 Å². The standard InChI is InChI=1S/C11H13N/c1-9-3-2-4-11-8-12-6-5-10(11)7-9/h2-3,7,12H,5-6,8H2,1H3. The lowest BCUT2D eigenvalue weighted by atomic mass is 9.99. The van der Waals surface area contributed by atoms with Gasteiger partial charge < -0.3 is 5.32 Å². The van der Waals surface area contributed by atoms with Crippen LogP contribution in [0.4, 0.5) is 0 Å². The Morgan fingerprint density at radius 3 is 3.33 bits per heavy atom. The van der Waals surface area contributed by atoms with Gasteiger partial charge in [-0.1, -0.05) is 17.7 Å². The monoisotopic (exact) mass is 159 g/mol. The number of piperidine rings is 1. The fraction of sp³-hybridized carbons (Fsp3) is 0.364. The lowest BCUT2D eigenvalue weighted by Gasteiger charge is -2.17. The van der Waals surface area contributed by atoms with Crippen molar-refractivity contribution in [2.75, 3.05) is 13.1 Å². The average molecular weight is 159 g/mol. The zero-order chi connectivity index (χ0) is 8.39. The van der Waals surface area contributed by atoms with E-state index < -0.39 is 0 Å². The van der Waals surface area contributed by atoms with Gasteiger partial charge in [0.05, 0.1) is 0 Å². The maximum Gasteiger partial charge on any atom is 0.0281 e. The van der Waals surface area contributed by atoms with Crippen molar-refractivity contribution in [1.29, 1.82) is 0 Å². The van der Waals surface area contributed by atoms with Gasteiger partial charge in [-0.15, -0.1) is 5.73 Å². The lowest BCUT2D eigenvalue weighted by molar-refractivity contribution is 0.683. The molecule has 2 aliphatic rings. The van der Waals surface area contributed by atoms with E-state index in [1.165, 1.54) is 16.7 Å². The molecule has 1 nitrogen and oxygen atoms in total. The Labute approximate surface area is 73.2 Å². The molecule has 0 unspecified atom stereocenters. The van der Waals surface area contributed by atoms with E-state index in [-0.39, 0.29) is 0 Å². The minimum absolute atomic E-state index is 0.976. The summed E-state index contributed by atoms with van der Waals surface area (Å²) in [6.45, 7) is 4.21. The van der Waals surface area contributed by atoms with Crippen LogP contribution in [0, 0.1) is 0 Å². The van der Waals surface area contributed by atoms with E-state index in [1.54, 1.807) is 0 Å². The number of allylic oxidation sites excluding steroid dienone is 3. The predicted molar refractivity (Wildman–Crippen MR) is 50.9 cm³/mol. The molecule has 0 aromatic carbocycles. The molecule has 0 bridgehead atoms. The van der Waals surface area contributed by atoms with Gasteiger partial charge in [-0.05, 0) is 31.5 Å². The molecule has 1 heteroatoms. The largest absolute Gasteiger partial charge is 0.312 e. The van der Waals surface area contributed by atoms with Gasteiger partial charge in [0.15, 0.2) is 0 Å². The molecule has 1 N–H and O–H groups in total. The average Bonchev–Trinajstić information content (AvgIpc) is 2.25. The van der Waals surface area contributed by atoms with Crippen molar-refractivity contribution in [3.63, 3.8) is 0 Å². The fourth-order valence-corrected chi connectivity index (χ4v) is 1.60. The Balaban J connectivity index is 2.39. The molecule has 0 spiro atoms. The second kappa shape index (κ2) is 3.14. The van der Waals surface area contributed by atoms with Gasteiger partial charge in [0.25, 0.3) is 0 Å². The van der Waals surface area contributed by atoms with Gasteiger partial charge >= 0.3 is 0 Å². The summed E-state index contributed by atoms with van der Waals surface area (Å²) < 4.78 is 0. The second-order valence-corrected chi connectivity index (χ2v) is 3.30. The molecule has 0 radical (unpaired) electrons. The van der Waals surface area contributed by atoms with Crippen LogP contribution in [-0.4, -0.2) is 13.1 Å². The van der Waals surface area contributed by atoms with Crippen molar-refractivity contribution in [3.8, 4) is 0 Å². The van der Waals surface area contributed by atoms with Gasteiger partial charge in [-0.2, -0.15) is 0 Å². The molecule has 12 heavy (non-hydrogen) atoms.